The van der Waals surface area contributed by atoms with Crippen molar-refractivity contribution in [3.05, 3.63) is 34.9 Å². The number of hydrogen-bond donors (Lipinski definition) is 4. The van der Waals surface area contributed by atoms with Crippen molar-refractivity contribution < 1.29 is 24.3 Å². The molecule has 0 radical (unpaired) electrons. The molecule has 1 unspecified atom stereocenters. The molecule has 1 rings (SSSR count). The van der Waals surface area contributed by atoms with E-state index in [4.69, 9.17) is 20.6 Å². The molecule has 1 atom stereocenters. The molecular weight excluding hydrogens is 281 g/mol. The number of carbonyl (C=O) groups is 1. The Kier molecular flexibility index (Phi) is 5.89. The molecule has 0 aliphatic carbocycles. The maximum Gasteiger partial charge on any atom is 0.325 e. The van der Waals surface area contributed by atoms with E-state index in [-0.39, 0.29) is 12.6 Å². The number of carboxylic acid groups (broad SMARTS) is 1. The molecule has 1 aromatic rings. The van der Waals surface area contributed by atoms with Crippen LogP contribution in [0.25, 0.3) is 0 Å². The molecule has 6 nitrogen and oxygen atoms in total. The van der Waals surface area contributed by atoms with Crippen LogP contribution in [-0.4, -0.2) is 33.1 Å². The van der Waals surface area contributed by atoms with Crippen molar-refractivity contribution in [1.82, 2.24) is 0 Å². The second-order valence-corrected chi connectivity index (χ2v) is 6.69. The van der Waals surface area contributed by atoms with Gasteiger partial charge in [-0.05, 0) is 37.3 Å². The topological polar surface area (TPSA) is 121 Å². The first-order chi connectivity index (χ1) is 9.19. The number of benzene rings is 1. The lowest BCUT2D eigenvalue weighted by Gasteiger charge is -2.13. The van der Waals surface area contributed by atoms with Gasteiger partial charge in [0.1, 0.15) is 6.04 Å². The Hall–Kier alpha value is -1.20. The van der Waals surface area contributed by atoms with Crippen LogP contribution >= 0.6 is 7.60 Å². The maximum absolute atomic E-state index is 10.8. The molecule has 5 N–H and O–H groups in total. The summed E-state index contributed by atoms with van der Waals surface area (Å²) in [5.74, 6) is -1.06. The largest absolute Gasteiger partial charge is 0.480 e. The van der Waals surface area contributed by atoms with Gasteiger partial charge >= 0.3 is 13.6 Å². The molecular formula is C13H20NO5P. The van der Waals surface area contributed by atoms with Gasteiger partial charge in [0.2, 0.25) is 0 Å². The predicted molar refractivity (Wildman–Crippen MR) is 75.7 cm³/mol. The van der Waals surface area contributed by atoms with Crippen LogP contribution in [0, 0.1) is 6.92 Å². The fourth-order valence-corrected chi connectivity index (χ4v) is 2.56. The van der Waals surface area contributed by atoms with Gasteiger partial charge in [0.15, 0.2) is 0 Å². The van der Waals surface area contributed by atoms with Gasteiger partial charge in [0, 0.05) is 0 Å². The predicted octanol–water partition coefficient (Wildman–Crippen LogP) is 1.06. The van der Waals surface area contributed by atoms with Gasteiger partial charge < -0.3 is 20.6 Å². The van der Waals surface area contributed by atoms with Gasteiger partial charge in [-0.25, -0.2) is 0 Å². The zero-order chi connectivity index (χ0) is 15.3. The van der Waals surface area contributed by atoms with E-state index < -0.39 is 19.6 Å². The lowest BCUT2D eigenvalue weighted by Crippen LogP contribution is -2.32. The quantitative estimate of drug-likeness (QED) is 0.559. The highest BCUT2D eigenvalue weighted by molar-refractivity contribution is 7.51. The summed E-state index contributed by atoms with van der Waals surface area (Å²) in [5, 5.41) is 8.86. The number of hydrogen-bond acceptors (Lipinski definition) is 3. The fourth-order valence-electron chi connectivity index (χ4n) is 1.99. The van der Waals surface area contributed by atoms with Gasteiger partial charge in [-0.15, -0.1) is 0 Å². The summed E-state index contributed by atoms with van der Waals surface area (Å²) >= 11 is 0. The van der Waals surface area contributed by atoms with E-state index in [9.17, 15) is 9.36 Å². The van der Waals surface area contributed by atoms with Gasteiger partial charge in [-0.3, -0.25) is 9.36 Å². The molecule has 0 aromatic heterocycles. The van der Waals surface area contributed by atoms with Crippen LogP contribution in [0.3, 0.4) is 0 Å². The Balaban J connectivity index is 2.79. The first kappa shape index (κ1) is 16.9. The van der Waals surface area contributed by atoms with Gasteiger partial charge in [-0.2, -0.15) is 0 Å². The molecule has 0 spiro atoms. The van der Waals surface area contributed by atoms with Crippen LogP contribution in [0.5, 0.6) is 0 Å². The van der Waals surface area contributed by atoms with Crippen LogP contribution in [0.4, 0.5) is 0 Å². The maximum atomic E-state index is 10.8. The van der Waals surface area contributed by atoms with Crippen molar-refractivity contribution in [2.24, 2.45) is 5.73 Å². The smallest absolute Gasteiger partial charge is 0.325 e. The van der Waals surface area contributed by atoms with Crippen molar-refractivity contribution >= 4 is 13.6 Å². The molecule has 0 amide bonds. The zero-order valence-electron chi connectivity index (χ0n) is 11.3. The first-order valence-corrected chi connectivity index (χ1v) is 8.10. The summed E-state index contributed by atoms with van der Waals surface area (Å²) in [6.45, 7) is 1.90. The number of rotatable bonds is 7. The van der Waals surface area contributed by atoms with Crippen LogP contribution in [0.2, 0.25) is 0 Å². The average Bonchev–Trinajstić information content (AvgIpc) is 2.30. The first-order valence-electron chi connectivity index (χ1n) is 6.30. The monoisotopic (exact) mass is 301 g/mol. The molecule has 0 saturated carbocycles. The molecule has 0 bridgehead atoms. The highest BCUT2D eigenvalue weighted by Gasteiger charge is 2.16. The summed E-state index contributed by atoms with van der Waals surface area (Å²) in [4.78, 5) is 28.5. The Morgan fingerprint density at radius 3 is 2.55 bits per heavy atom. The van der Waals surface area contributed by atoms with Crippen LogP contribution < -0.4 is 5.73 Å². The minimum atomic E-state index is -3.99. The molecule has 0 aliphatic rings. The fraction of sp³-hybridized carbons (Fsp3) is 0.462. The van der Waals surface area contributed by atoms with E-state index in [2.05, 4.69) is 0 Å². The molecule has 112 valence electrons. The molecule has 0 fully saturated rings. The molecule has 0 saturated heterocycles. The van der Waals surface area contributed by atoms with Gasteiger partial charge in [0.25, 0.3) is 0 Å². The number of aliphatic carboxylic acids is 1. The minimum absolute atomic E-state index is 0.175. The summed E-state index contributed by atoms with van der Waals surface area (Å²) in [6, 6.07) is 4.65. The molecule has 7 heteroatoms. The lowest BCUT2D eigenvalue weighted by atomic mass is 9.96. The van der Waals surface area contributed by atoms with Crippen molar-refractivity contribution in [2.45, 2.75) is 32.2 Å². The van der Waals surface area contributed by atoms with Crippen LogP contribution in [0.15, 0.2) is 18.2 Å². The third-order valence-electron chi connectivity index (χ3n) is 3.01. The van der Waals surface area contributed by atoms with Crippen molar-refractivity contribution in [3.8, 4) is 0 Å². The van der Waals surface area contributed by atoms with E-state index in [0.29, 0.717) is 12.8 Å². The Morgan fingerprint density at radius 2 is 2.00 bits per heavy atom. The van der Waals surface area contributed by atoms with Crippen LogP contribution in [-0.2, 0) is 22.2 Å². The second kappa shape index (κ2) is 6.99. The second-order valence-electron chi connectivity index (χ2n) is 4.91. The summed E-state index contributed by atoms with van der Waals surface area (Å²) in [6.07, 6.45) is 0.878. The molecule has 20 heavy (non-hydrogen) atoms. The third kappa shape index (κ3) is 5.84. The van der Waals surface area contributed by atoms with Crippen LogP contribution in [0.1, 0.15) is 23.1 Å². The zero-order valence-corrected chi connectivity index (χ0v) is 12.2. The van der Waals surface area contributed by atoms with E-state index in [0.717, 1.165) is 16.7 Å². The van der Waals surface area contributed by atoms with E-state index >= 15 is 0 Å². The van der Waals surface area contributed by atoms with E-state index in [1.54, 1.807) is 0 Å². The summed E-state index contributed by atoms with van der Waals surface area (Å²) in [7, 11) is -3.99. The number of nitrogens with two attached hydrogens (primary N) is 1. The Morgan fingerprint density at radius 1 is 1.35 bits per heavy atom. The molecule has 0 aliphatic heterocycles. The highest BCUT2D eigenvalue weighted by Crippen LogP contribution is 2.35. The summed E-state index contributed by atoms with van der Waals surface area (Å²) < 4.78 is 10.8. The van der Waals surface area contributed by atoms with Gasteiger partial charge in [-0.1, -0.05) is 23.8 Å². The standard InChI is InChI=1S/C13H20NO5P/c1-9-4-5-10(3-2-6-20(17,18)19)11(7-9)8-12(14)13(15)16/h4-5,7,12H,2-3,6,8,14H2,1H3,(H,15,16)(H2,17,18,19). The molecule has 0 heterocycles. The van der Waals surface area contributed by atoms with Gasteiger partial charge in [0.05, 0.1) is 6.16 Å². The van der Waals surface area contributed by atoms with E-state index in [1.165, 1.54) is 0 Å². The highest BCUT2D eigenvalue weighted by atomic mass is 31.2. The minimum Gasteiger partial charge on any atom is -0.480 e. The molecule has 1 aromatic carbocycles. The van der Waals surface area contributed by atoms with Crippen molar-refractivity contribution in [1.29, 1.82) is 0 Å². The Labute approximate surface area is 117 Å². The normalized spacial score (nSPS) is 13.2. The summed E-state index contributed by atoms with van der Waals surface area (Å²) in [5.41, 5.74) is 8.25. The third-order valence-corrected chi connectivity index (χ3v) is 3.91. The van der Waals surface area contributed by atoms with Crippen molar-refractivity contribution in [3.63, 3.8) is 0 Å². The average molecular weight is 301 g/mol. The number of aryl methyl sites for hydroxylation is 2. The Bertz CT molecular complexity index is 525. The SMILES string of the molecule is Cc1ccc(CCCP(=O)(O)O)c(CC(N)C(=O)O)c1. The van der Waals surface area contributed by atoms with Crippen molar-refractivity contribution in [2.75, 3.05) is 6.16 Å². The van der Waals surface area contributed by atoms with E-state index in [1.807, 2.05) is 25.1 Å². The number of carboxylic acids is 1. The lowest BCUT2D eigenvalue weighted by molar-refractivity contribution is -0.138.